The standard InChI is InChI=1S/C22H34N4O2/c1-23-22(24-12-9-18-10-15-28-16-11-18)25-17-20(26-13-5-6-14-26)19-7-3-4-8-21(19)27-2/h3-4,7-8,10,20H,5-6,9,11-17H2,1-2H3,(H2,23,24,25). The molecule has 0 spiro atoms. The molecule has 2 N–H and O–H groups in total. The van der Waals surface area contributed by atoms with Crippen LogP contribution in [0.3, 0.4) is 0 Å². The van der Waals surface area contributed by atoms with Crippen LogP contribution in [0.5, 0.6) is 5.75 Å². The number of nitrogens with one attached hydrogen (secondary N) is 2. The van der Waals surface area contributed by atoms with Gasteiger partial charge in [0, 0.05) is 25.7 Å². The van der Waals surface area contributed by atoms with Crippen LogP contribution in [0, 0.1) is 0 Å². The van der Waals surface area contributed by atoms with Crippen LogP contribution in [-0.2, 0) is 4.74 Å². The van der Waals surface area contributed by atoms with Crippen LogP contribution in [0.1, 0.15) is 37.3 Å². The molecule has 1 aromatic carbocycles. The Labute approximate surface area is 169 Å². The summed E-state index contributed by atoms with van der Waals surface area (Å²) in [6.45, 7) is 5.54. The molecule has 1 saturated heterocycles. The molecule has 3 rings (SSSR count). The van der Waals surface area contributed by atoms with E-state index in [-0.39, 0.29) is 6.04 Å². The van der Waals surface area contributed by atoms with E-state index in [0.717, 1.165) is 63.9 Å². The molecule has 0 bridgehead atoms. The highest BCUT2D eigenvalue weighted by Gasteiger charge is 2.26. The molecule has 1 aromatic rings. The number of likely N-dealkylation sites (tertiary alicyclic amines) is 1. The third-order valence-corrected chi connectivity index (χ3v) is 5.56. The molecule has 6 heteroatoms. The Morgan fingerprint density at radius 2 is 2.07 bits per heavy atom. The van der Waals surface area contributed by atoms with Gasteiger partial charge in [-0.05, 0) is 44.8 Å². The Morgan fingerprint density at radius 1 is 1.25 bits per heavy atom. The van der Waals surface area contributed by atoms with Gasteiger partial charge in [-0.2, -0.15) is 0 Å². The predicted octanol–water partition coefficient (Wildman–Crippen LogP) is 2.73. The number of guanidine groups is 1. The van der Waals surface area contributed by atoms with Crippen molar-refractivity contribution in [2.75, 3.05) is 53.6 Å². The van der Waals surface area contributed by atoms with Crippen LogP contribution in [0.15, 0.2) is 40.9 Å². The van der Waals surface area contributed by atoms with Crippen molar-refractivity contribution in [1.29, 1.82) is 0 Å². The fourth-order valence-corrected chi connectivity index (χ4v) is 3.98. The lowest BCUT2D eigenvalue weighted by Gasteiger charge is -2.30. The summed E-state index contributed by atoms with van der Waals surface area (Å²) in [4.78, 5) is 6.95. The molecule has 2 aliphatic heterocycles. The van der Waals surface area contributed by atoms with Crippen molar-refractivity contribution in [3.63, 3.8) is 0 Å². The van der Waals surface area contributed by atoms with E-state index < -0.39 is 0 Å². The number of ether oxygens (including phenoxy) is 2. The molecule has 1 fully saturated rings. The van der Waals surface area contributed by atoms with E-state index in [1.54, 1.807) is 7.11 Å². The average molecular weight is 387 g/mol. The maximum Gasteiger partial charge on any atom is 0.191 e. The molecule has 6 nitrogen and oxygen atoms in total. The molecule has 28 heavy (non-hydrogen) atoms. The second-order valence-electron chi connectivity index (χ2n) is 7.32. The van der Waals surface area contributed by atoms with E-state index in [2.05, 4.69) is 38.7 Å². The highest BCUT2D eigenvalue weighted by atomic mass is 16.5. The van der Waals surface area contributed by atoms with Crippen molar-refractivity contribution in [2.24, 2.45) is 4.99 Å². The summed E-state index contributed by atoms with van der Waals surface area (Å²) in [5, 5.41) is 6.98. The number of hydrogen-bond donors (Lipinski definition) is 2. The second kappa shape index (κ2) is 11.1. The van der Waals surface area contributed by atoms with E-state index in [1.165, 1.54) is 24.0 Å². The lowest BCUT2D eigenvalue weighted by molar-refractivity contribution is 0.153. The first kappa shape index (κ1) is 20.7. The SMILES string of the molecule is CN=C(NCCC1=CCOCC1)NCC(c1ccccc1OC)N1CCCC1. The van der Waals surface area contributed by atoms with Crippen molar-refractivity contribution in [1.82, 2.24) is 15.5 Å². The highest BCUT2D eigenvalue weighted by molar-refractivity contribution is 5.79. The first-order valence-corrected chi connectivity index (χ1v) is 10.4. The normalized spacial score (nSPS) is 19.2. The van der Waals surface area contributed by atoms with Crippen LogP contribution in [-0.4, -0.2) is 64.4 Å². The summed E-state index contributed by atoms with van der Waals surface area (Å²) in [6, 6.07) is 8.62. The van der Waals surface area contributed by atoms with Crippen molar-refractivity contribution >= 4 is 5.96 Å². The lowest BCUT2D eigenvalue weighted by Crippen LogP contribution is -2.43. The molecule has 2 heterocycles. The van der Waals surface area contributed by atoms with E-state index in [1.807, 2.05) is 19.2 Å². The van der Waals surface area contributed by atoms with Gasteiger partial charge in [0.25, 0.3) is 0 Å². The Kier molecular flexibility index (Phi) is 8.18. The van der Waals surface area contributed by atoms with Crippen molar-refractivity contribution < 1.29 is 9.47 Å². The lowest BCUT2D eigenvalue weighted by atomic mass is 10.0. The van der Waals surface area contributed by atoms with Gasteiger partial charge in [0.2, 0.25) is 0 Å². The van der Waals surface area contributed by atoms with Gasteiger partial charge in [-0.3, -0.25) is 9.89 Å². The minimum Gasteiger partial charge on any atom is -0.496 e. The third kappa shape index (κ3) is 5.72. The number of aliphatic imine (C=N–C) groups is 1. The topological polar surface area (TPSA) is 58.1 Å². The van der Waals surface area contributed by atoms with Gasteiger partial charge in [-0.15, -0.1) is 0 Å². The molecule has 0 radical (unpaired) electrons. The van der Waals surface area contributed by atoms with Gasteiger partial charge >= 0.3 is 0 Å². The Morgan fingerprint density at radius 3 is 2.79 bits per heavy atom. The molecule has 154 valence electrons. The van der Waals surface area contributed by atoms with Crippen molar-refractivity contribution in [3.8, 4) is 5.75 Å². The Bertz CT molecular complexity index is 668. The smallest absolute Gasteiger partial charge is 0.191 e. The van der Waals surface area contributed by atoms with Crippen LogP contribution >= 0.6 is 0 Å². The molecular weight excluding hydrogens is 352 g/mol. The Hall–Kier alpha value is -2.05. The minimum atomic E-state index is 0.274. The molecule has 1 unspecified atom stereocenters. The average Bonchev–Trinajstić information content (AvgIpc) is 3.28. The quantitative estimate of drug-likeness (QED) is 0.409. The van der Waals surface area contributed by atoms with Gasteiger partial charge in [0.05, 0.1) is 26.4 Å². The number of rotatable bonds is 8. The molecule has 0 amide bonds. The summed E-state index contributed by atoms with van der Waals surface area (Å²) in [7, 11) is 3.58. The number of methoxy groups -OCH3 is 1. The van der Waals surface area contributed by atoms with Crippen molar-refractivity contribution in [3.05, 3.63) is 41.5 Å². The summed E-state index contributed by atoms with van der Waals surface area (Å²) < 4.78 is 11.0. The van der Waals surface area contributed by atoms with E-state index in [9.17, 15) is 0 Å². The predicted molar refractivity (Wildman–Crippen MR) is 114 cm³/mol. The number of benzene rings is 1. The second-order valence-corrected chi connectivity index (χ2v) is 7.32. The first-order valence-electron chi connectivity index (χ1n) is 10.4. The summed E-state index contributed by atoms with van der Waals surface area (Å²) in [5.74, 6) is 1.81. The zero-order chi connectivity index (χ0) is 19.6. The van der Waals surface area contributed by atoms with Gasteiger partial charge in [0.15, 0.2) is 5.96 Å². The van der Waals surface area contributed by atoms with Gasteiger partial charge in [-0.25, -0.2) is 0 Å². The summed E-state index contributed by atoms with van der Waals surface area (Å²) >= 11 is 0. The third-order valence-electron chi connectivity index (χ3n) is 5.56. The number of nitrogens with zero attached hydrogens (tertiary/aromatic N) is 2. The molecular formula is C22H34N4O2. The summed E-state index contributed by atoms with van der Waals surface area (Å²) in [5.41, 5.74) is 2.71. The largest absolute Gasteiger partial charge is 0.496 e. The van der Waals surface area contributed by atoms with Gasteiger partial charge in [-0.1, -0.05) is 29.8 Å². The Balaban J connectivity index is 1.57. The monoisotopic (exact) mass is 386 g/mol. The maximum absolute atomic E-state index is 5.63. The van der Waals surface area contributed by atoms with E-state index >= 15 is 0 Å². The zero-order valence-electron chi connectivity index (χ0n) is 17.2. The fraction of sp³-hybridized carbons (Fsp3) is 0.591. The number of para-hydroxylation sites is 1. The fourth-order valence-electron chi connectivity index (χ4n) is 3.98. The molecule has 0 saturated carbocycles. The van der Waals surface area contributed by atoms with E-state index in [0.29, 0.717) is 0 Å². The van der Waals surface area contributed by atoms with Gasteiger partial charge in [0.1, 0.15) is 5.75 Å². The zero-order valence-corrected chi connectivity index (χ0v) is 17.2. The highest BCUT2D eigenvalue weighted by Crippen LogP contribution is 2.31. The van der Waals surface area contributed by atoms with Gasteiger partial charge < -0.3 is 20.1 Å². The molecule has 0 aliphatic carbocycles. The first-order chi connectivity index (χ1) is 13.8. The number of hydrogen-bond acceptors (Lipinski definition) is 4. The van der Waals surface area contributed by atoms with Crippen LogP contribution < -0.4 is 15.4 Å². The summed E-state index contributed by atoms with van der Waals surface area (Å²) in [6.07, 6.45) is 6.80. The maximum atomic E-state index is 5.63. The van der Waals surface area contributed by atoms with Crippen LogP contribution in [0.4, 0.5) is 0 Å². The van der Waals surface area contributed by atoms with Crippen molar-refractivity contribution in [2.45, 2.75) is 31.7 Å². The minimum absolute atomic E-state index is 0.274. The molecule has 0 aromatic heterocycles. The van der Waals surface area contributed by atoms with Crippen LogP contribution in [0.2, 0.25) is 0 Å². The molecule has 1 atom stereocenters. The molecule has 2 aliphatic rings. The van der Waals surface area contributed by atoms with E-state index in [4.69, 9.17) is 9.47 Å². The van der Waals surface area contributed by atoms with Crippen LogP contribution in [0.25, 0.3) is 0 Å².